The second-order valence-corrected chi connectivity index (χ2v) is 3.46. The summed E-state index contributed by atoms with van der Waals surface area (Å²) in [6.07, 6.45) is 3.28. The highest BCUT2D eigenvalue weighted by Crippen LogP contribution is 2.27. The molecule has 0 aliphatic heterocycles. The first-order valence-electron chi connectivity index (χ1n) is 4.92. The number of aryl methyl sites for hydroxylation is 1. The summed E-state index contributed by atoms with van der Waals surface area (Å²) in [5.74, 6) is 1.59. The monoisotopic (exact) mass is 193 g/mol. The summed E-state index contributed by atoms with van der Waals surface area (Å²) >= 11 is 0. The third kappa shape index (κ3) is 1.57. The van der Waals surface area contributed by atoms with Crippen LogP contribution in [0.25, 0.3) is 0 Å². The molecule has 0 bridgehead atoms. The fourth-order valence-electron chi connectivity index (χ4n) is 1.85. The molecule has 1 aliphatic rings. The number of hydrogen-bond acceptors (Lipinski definition) is 4. The Morgan fingerprint density at radius 2 is 2.21 bits per heavy atom. The van der Waals surface area contributed by atoms with E-state index in [1.54, 1.807) is 7.11 Å². The largest absolute Gasteiger partial charge is 0.481 e. The number of ether oxygens (including phenoxy) is 1. The lowest BCUT2D eigenvalue weighted by Crippen LogP contribution is -2.11. The van der Waals surface area contributed by atoms with Crippen LogP contribution in [0.4, 0.5) is 0 Å². The molecule has 0 saturated heterocycles. The molecular formula is C10H15N3O. The Balaban J connectivity index is 2.39. The van der Waals surface area contributed by atoms with Crippen LogP contribution < -0.4 is 10.1 Å². The predicted molar refractivity (Wildman–Crippen MR) is 53.4 cm³/mol. The Hall–Kier alpha value is -1.16. The van der Waals surface area contributed by atoms with Crippen LogP contribution in [0.5, 0.6) is 5.88 Å². The van der Waals surface area contributed by atoms with Gasteiger partial charge in [0, 0.05) is 5.56 Å². The number of aromatic nitrogens is 2. The lowest BCUT2D eigenvalue weighted by atomic mass is 10.2. The van der Waals surface area contributed by atoms with Gasteiger partial charge >= 0.3 is 0 Å². The van der Waals surface area contributed by atoms with E-state index in [1.165, 1.54) is 17.7 Å². The second-order valence-electron chi connectivity index (χ2n) is 3.46. The Bertz CT molecular complexity index is 338. The van der Waals surface area contributed by atoms with E-state index >= 15 is 0 Å². The first-order valence-corrected chi connectivity index (χ1v) is 4.92. The molecule has 0 spiro atoms. The van der Waals surface area contributed by atoms with Crippen LogP contribution in [0.2, 0.25) is 0 Å². The van der Waals surface area contributed by atoms with E-state index < -0.39 is 0 Å². The van der Waals surface area contributed by atoms with Gasteiger partial charge in [-0.3, -0.25) is 0 Å². The molecule has 1 heterocycles. The average molecular weight is 193 g/mol. The summed E-state index contributed by atoms with van der Waals surface area (Å²) in [7, 11) is 3.56. The number of nitrogens with zero attached hydrogens (tertiary/aromatic N) is 2. The fourth-order valence-corrected chi connectivity index (χ4v) is 1.85. The maximum absolute atomic E-state index is 5.27. The van der Waals surface area contributed by atoms with E-state index in [0.717, 1.165) is 24.5 Å². The van der Waals surface area contributed by atoms with Gasteiger partial charge in [0.15, 0.2) is 0 Å². The Morgan fingerprint density at radius 3 is 2.93 bits per heavy atom. The van der Waals surface area contributed by atoms with Crippen molar-refractivity contribution in [1.82, 2.24) is 15.3 Å². The van der Waals surface area contributed by atoms with E-state index in [4.69, 9.17) is 4.74 Å². The molecular weight excluding hydrogens is 178 g/mol. The molecule has 0 radical (unpaired) electrons. The molecule has 0 fully saturated rings. The van der Waals surface area contributed by atoms with Crippen molar-refractivity contribution in [2.24, 2.45) is 0 Å². The van der Waals surface area contributed by atoms with Gasteiger partial charge in [0.1, 0.15) is 5.82 Å². The van der Waals surface area contributed by atoms with E-state index in [9.17, 15) is 0 Å². The number of fused-ring (bicyclic) bond motifs is 1. The van der Waals surface area contributed by atoms with Gasteiger partial charge in [-0.05, 0) is 26.3 Å². The van der Waals surface area contributed by atoms with Gasteiger partial charge in [-0.25, -0.2) is 4.98 Å². The van der Waals surface area contributed by atoms with Crippen LogP contribution in [0.15, 0.2) is 0 Å². The van der Waals surface area contributed by atoms with Gasteiger partial charge in [-0.2, -0.15) is 4.98 Å². The molecule has 0 aromatic carbocycles. The SMILES string of the molecule is CNCc1nc2c(c(OC)n1)CCC2. The van der Waals surface area contributed by atoms with Crippen molar-refractivity contribution in [1.29, 1.82) is 0 Å². The summed E-state index contributed by atoms with van der Waals surface area (Å²) < 4.78 is 5.27. The zero-order chi connectivity index (χ0) is 9.97. The zero-order valence-corrected chi connectivity index (χ0v) is 8.63. The van der Waals surface area contributed by atoms with Crippen LogP contribution in [0.3, 0.4) is 0 Å². The summed E-state index contributed by atoms with van der Waals surface area (Å²) in [6, 6.07) is 0. The van der Waals surface area contributed by atoms with E-state index in [1.807, 2.05) is 7.05 Å². The third-order valence-electron chi connectivity index (χ3n) is 2.47. The van der Waals surface area contributed by atoms with E-state index in [0.29, 0.717) is 6.54 Å². The molecule has 0 unspecified atom stereocenters. The molecule has 1 aliphatic carbocycles. The number of hydrogen-bond donors (Lipinski definition) is 1. The van der Waals surface area contributed by atoms with Crippen molar-refractivity contribution in [2.75, 3.05) is 14.2 Å². The first-order chi connectivity index (χ1) is 6.85. The molecule has 0 amide bonds. The van der Waals surface area contributed by atoms with Crippen molar-refractivity contribution >= 4 is 0 Å². The molecule has 1 aromatic heterocycles. The highest BCUT2D eigenvalue weighted by atomic mass is 16.5. The quantitative estimate of drug-likeness (QED) is 0.767. The molecule has 1 N–H and O–H groups in total. The van der Waals surface area contributed by atoms with Gasteiger partial charge in [-0.15, -0.1) is 0 Å². The average Bonchev–Trinajstić information content (AvgIpc) is 2.65. The van der Waals surface area contributed by atoms with Crippen molar-refractivity contribution in [2.45, 2.75) is 25.8 Å². The van der Waals surface area contributed by atoms with Crippen LogP contribution in [0, 0.1) is 0 Å². The number of nitrogens with one attached hydrogen (secondary N) is 1. The van der Waals surface area contributed by atoms with Crippen molar-refractivity contribution in [3.05, 3.63) is 17.1 Å². The number of rotatable bonds is 3. The van der Waals surface area contributed by atoms with Crippen LogP contribution >= 0.6 is 0 Å². The fraction of sp³-hybridized carbons (Fsp3) is 0.600. The van der Waals surface area contributed by atoms with Crippen molar-refractivity contribution in [3.8, 4) is 5.88 Å². The lowest BCUT2D eigenvalue weighted by molar-refractivity contribution is 0.389. The molecule has 0 saturated carbocycles. The Labute approximate surface area is 83.7 Å². The standard InChI is InChI=1S/C10H15N3O/c1-11-6-9-12-8-5-3-4-7(8)10(13-9)14-2/h11H,3-6H2,1-2H3. The zero-order valence-electron chi connectivity index (χ0n) is 8.63. The van der Waals surface area contributed by atoms with Gasteiger partial charge in [0.05, 0.1) is 19.3 Å². The minimum absolute atomic E-state index is 0.698. The first kappa shape index (κ1) is 9.40. The topological polar surface area (TPSA) is 47.0 Å². The molecule has 2 rings (SSSR count). The van der Waals surface area contributed by atoms with Gasteiger partial charge < -0.3 is 10.1 Å². The minimum atomic E-state index is 0.698. The van der Waals surface area contributed by atoms with Gasteiger partial charge in [0.2, 0.25) is 5.88 Å². The van der Waals surface area contributed by atoms with Crippen LogP contribution in [-0.4, -0.2) is 24.1 Å². The number of methoxy groups -OCH3 is 1. The Morgan fingerprint density at radius 1 is 1.36 bits per heavy atom. The smallest absolute Gasteiger partial charge is 0.219 e. The Kier molecular flexibility index (Phi) is 2.63. The molecule has 1 aromatic rings. The highest BCUT2D eigenvalue weighted by Gasteiger charge is 2.19. The molecule has 4 heteroatoms. The normalized spacial score (nSPS) is 14.1. The van der Waals surface area contributed by atoms with Gasteiger partial charge in [0.25, 0.3) is 0 Å². The summed E-state index contributed by atoms with van der Waals surface area (Å²) in [5.41, 5.74) is 2.37. The molecule has 4 nitrogen and oxygen atoms in total. The van der Waals surface area contributed by atoms with Gasteiger partial charge in [-0.1, -0.05) is 0 Å². The predicted octanol–water partition coefficient (Wildman–Crippen LogP) is 0.693. The lowest BCUT2D eigenvalue weighted by Gasteiger charge is -2.07. The third-order valence-corrected chi connectivity index (χ3v) is 2.47. The molecule has 0 atom stereocenters. The summed E-state index contributed by atoms with van der Waals surface area (Å²) in [5, 5.41) is 3.05. The molecule has 76 valence electrons. The maximum Gasteiger partial charge on any atom is 0.219 e. The minimum Gasteiger partial charge on any atom is -0.481 e. The maximum atomic E-state index is 5.27. The highest BCUT2D eigenvalue weighted by molar-refractivity contribution is 5.34. The van der Waals surface area contributed by atoms with E-state index in [2.05, 4.69) is 15.3 Å². The summed E-state index contributed by atoms with van der Waals surface area (Å²) in [4.78, 5) is 8.85. The van der Waals surface area contributed by atoms with Crippen molar-refractivity contribution < 1.29 is 4.74 Å². The summed E-state index contributed by atoms with van der Waals surface area (Å²) in [6.45, 7) is 0.698. The molecule has 14 heavy (non-hydrogen) atoms. The van der Waals surface area contributed by atoms with Crippen LogP contribution in [0.1, 0.15) is 23.5 Å². The van der Waals surface area contributed by atoms with Crippen LogP contribution in [-0.2, 0) is 19.4 Å². The van der Waals surface area contributed by atoms with E-state index in [-0.39, 0.29) is 0 Å². The second kappa shape index (κ2) is 3.92. The van der Waals surface area contributed by atoms with Crippen molar-refractivity contribution in [3.63, 3.8) is 0 Å².